The van der Waals surface area contributed by atoms with Gasteiger partial charge in [0, 0.05) is 12.3 Å². The summed E-state index contributed by atoms with van der Waals surface area (Å²) in [6, 6.07) is 2.69. The van der Waals surface area contributed by atoms with Gasteiger partial charge in [0.1, 0.15) is 10.8 Å². The van der Waals surface area contributed by atoms with Gasteiger partial charge in [-0.15, -0.1) is 0 Å². The summed E-state index contributed by atoms with van der Waals surface area (Å²) in [5.41, 5.74) is -0.0932. The topological polar surface area (TPSA) is 105 Å². The molecule has 102 valence electrons. The van der Waals surface area contributed by atoms with Crippen LogP contribution in [0.5, 0.6) is 0 Å². The van der Waals surface area contributed by atoms with Crippen LogP contribution in [0.2, 0.25) is 5.02 Å². The molecule has 2 N–H and O–H groups in total. The van der Waals surface area contributed by atoms with Crippen molar-refractivity contribution in [1.29, 1.82) is 0 Å². The Morgan fingerprint density at radius 3 is 2.79 bits per heavy atom. The number of aromatic nitrogens is 2. The fourth-order valence-corrected chi connectivity index (χ4v) is 2.57. The summed E-state index contributed by atoms with van der Waals surface area (Å²) in [6.07, 6.45) is 1.07. The fraction of sp³-hybridized carbons (Fsp3) is 0.200. The smallest absolute Gasteiger partial charge is 0.266 e. The van der Waals surface area contributed by atoms with Gasteiger partial charge in [-0.05, 0) is 13.0 Å². The minimum Gasteiger partial charge on any atom is -0.361 e. The van der Waals surface area contributed by atoms with E-state index in [1.165, 1.54) is 0 Å². The quantitative estimate of drug-likeness (QED) is 0.869. The summed E-state index contributed by atoms with van der Waals surface area (Å²) in [5, 5.41) is 3.46. The third-order valence-electron chi connectivity index (χ3n) is 2.26. The standard InChI is InChI=1S/C10H10ClN3O4S/c1-6-2-7(14-18-6)4-13-19(16,17)8-3-9(11)10(15)12-5-8/h2-3,5,13H,4H2,1H3,(H,12,15). The Morgan fingerprint density at radius 2 is 2.21 bits per heavy atom. The molecule has 0 saturated carbocycles. The van der Waals surface area contributed by atoms with E-state index in [0.717, 1.165) is 12.3 Å². The van der Waals surface area contributed by atoms with Crippen LogP contribution in [0.1, 0.15) is 11.5 Å². The largest absolute Gasteiger partial charge is 0.361 e. The molecule has 2 heterocycles. The summed E-state index contributed by atoms with van der Waals surface area (Å²) in [6.45, 7) is 1.68. The lowest BCUT2D eigenvalue weighted by atomic mass is 10.4. The molecule has 0 unspecified atom stereocenters. The number of sulfonamides is 1. The summed E-state index contributed by atoms with van der Waals surface area (Å²) < 4.78 is 31.0. The van der Waals surface area contributed by atoms with Crippen molar-refractivity contribution in [3.05, 3.63) is 45.2 Å². The van der Waals surface area contributed by atoms with Crippen molar-refractivity contribution >= 4 is 21.6 Å². The zero-order valence-electron chi connectivity index (χ0n) is 9.81. The zero-order valence-corrected chi connectivity index (χ0v) is 11.4. The van der Waals surface area contributed by atoms with Crippen LogP contribution >= 0.6 is 11.6 Å². The van der Waals surface area contributed by atoms with Crippen LogP contribution < -0.4 is 10.3 Å². The van der Waals surface area contributed by atoms with E-state index in [4.69, 9.17) is 16.1 Å². The van der Waals surface area contributed by atoms with Crippen LogP contribution in [0.15, 0.2) is 32.5 Å². The molecule has 0 amide bonds. The van der Waals surface area contributed by atoms with E-state index in [-0.39, 0.29) is 16.5 Å². The summed E-state index contributed by atoms with van der Waals surface area (Å²) in [7, 11) is -3.77. The lowest BCUT2D eigenvalue weighted by Crippen LogP contribution is -2.24. The van der Waals surface area contributed by atoms with Gasteiger partial charge < -0.3 is 9.51 Å². The minimum atomic E-state index is -3.77. The number of H-pyrrole nitrogens is 1. The maximum absolute atomic E-state index is 11.9. The molecule has 9 heteroatoms. The van der Waals surface area contributed by atoms with Crippen molar-refractivity contribution in [1.82, 2.24) is 14.9 Å². The Balaban J connectivity index is 2.18. The van der Waals surface area contributed by atoms with Crippen molar-refractivity contribution in [3.63, 3.8) is 0 Å². The van der Waals surface area contributed by atoms with E-state index in [2.05, 4.69) is 14.9 Å². The first kappa shape index (κ1) is 13.8. The first-order valence-corrected chi connectivity index (χ1v) is 7.05. The van der Waals surface area contributed by atoms with Crippen molar-refractivity contribution < 1.29 is 12.9 Å². The summed E-state index contributed by atoms with van der Waals surface area (Å²) in [5.74, 6) is 0.585. The van der Waals surface area contributed by atoms with E-state index in [9.17, 15) is 13.2 Å². The maximum Gasteiger partial charge on any atom is 0.266 e. The molecule has 2 aromatic heterocycles. The highest BCUT2D eigenvalue weighted by Crippen LogP contribution is 2.11. The molecule has 0 saturated heterocycles. The van der Waals surface area contributed by atoms with Gasteiger partial charge >= 0.3 is 0 Å². The Morgan fingerprint density at radius 1 is 1.47 bits per heavy atom. The van der Waals surface area contributed by atoms with Crippen LogP contribution in [-0.2, 0) is 16.6 Å². The molecule has 0 bridgehead atoms. The Hall–Kier alpha value is -1.64. The number of aromatic amines is 1. The predicted molar refractivity (Wildman–Crippen MR) is 67.3 cm³/mol. The lowest BCUT2D eigenvalue weighted by molar-refractivity contribution is 0.390. The van der Waals surface area contributed by atoms with Gasteiger partial charge in [0.15, 0.2) is 0 Å². The number of hydrogen-bond donors (Lipinski definition) is 2. The molecule has 2 aromatic rings. The van der Waals surface area contributed by atoms with Crippen LogP contribution in [-0.4, -0.2) is 18.6 Å². The van der Waals surface area contributed by atoms with Crippen LogP contribution in [0.25, 0.3) is 0 Å². The number of nitrogens with one attached hydrogen (secondary N) is 2. The van der Waals surface area contributed by atoms with Crippen molar-refractivity contribution in [2.45, 2.75) is 18.4 Å². The molecule has 0 radical (unpaired) electrons. The van der Waals surface area contributed by atoms with E-state index in [1.807, 2.05) is 0 Å². The predicted octanol–water partition coefficient (Wildman–Crippen LogP) is 0.803. The first-order valence-electron chi connectivity index (χ1n) is 5.18. The van der Waals surface area contributed by atoms with E-state index < -0.39 is 15.6 Å². The van der Waals surface area contributed by atoms with Gasteiger partial charge in [0.2, 0.25) is 10.0 Å². The second kappa shape index (κ2) is 5.16. The second-order valence-electron chi connectivity index (χ2n) is 3.77. The number of nitrogens with zero attached hydrogens (tertiary/aromatic N) is 1. The molecule has 7 nitrogen and oxygen atoms in total. The highest BCUT2D eigenvalue weighted by Gasteiger charge is 2.16. The number of hydrogen-bond acceptors (Lipinski definition) is 5. The van der Waals surface area contributed by atoms with E-state index in [0.29, 0.717) is 11.5 Å². The average molecular weight is 304 g/mol. The molecule has 19 heavy (non-hydrogen) atoms. The van der Waals surface area contributed by atoms with Gasteiger partial charge in [-0.3, -0.25) is 4.79 Å². The summed E-state index contributed by atoms with van der Waals surface area (Å²) in [4.78, 5) is 13.2. The van der Waals surface area contributed by atoms with E-state index >= 15 is 0 Å². The van der Waals surface area contributed by atoms with Crippen LogP contribution in [0, 0.1) is 6.92 Å². The molecular weight excluding hydrogens is 294 g/mol. The first-order chi connectivity index (χ1) is 8.88. The molecular formula is C10H10ClN3O4S. The van der Waals surface area contributed by atoms with Gasteiger partial charge in [-0.25, -0.2) is 13.1 Å². The van der Waals surface area contributed by atoms with Crippen LogP contribution in [0.4, 0.5) is 0 Å². The molecule has 0 fully saturated rings. The van der Waals surface area contributed by atoms with Crippen molar-refractivity contribution in [2.75, 3.05) is 0 Å². The lowest BCUT2D eigenvalue weighted by Gasteiger charge is -2.04. The average Bonchev–Trinajstić information content (AvgIpc) is 2.76. The molecule has 0 aromatic carbocycles. The molecule has 2 rings (SSSR count). The highest BCUT2D eigenvalue weighted by molar-refractivity contribution is 7.89. The Bertz CT molecular complexity index is 750. The Kier molecular flexibility index (Phi) is 3.74. The van der Waals surface area contributed by atoms with E-state index in [1.54, 1.807) is 13.0 Å². The number of aryl methyl sites for hydroxylation is 1. The van der Waals surface area contributed by atoms with Gasteiger partial charge in [0.25, 0.3) is 5.56 Å². The third kappa shape index (κ3) is 3.22. The highest BCUT2D eigenvalue weighted by atomic mass is 35.5. The third-order valence-corrected chi connectivity index (χ3v) is 3.92. The number of pyridine rings is 1. The monoisotopic (exact) mass is 303 g/mol. The summed E-state index contributed by atoms with van der Waals surface area (Å²) >= 11 is 5.58. The number of rotatable bonds is 4. The van der Waals surface area contributed by atoms with Gasteiger partial charge in [0.05, 0.1) is 17.1 Å². The molecule has 0 aliphatic rings. The molecule has 0 spiro atoms. The number of halogens is 1. The normalized spacial score (nSPS) is 11.7. The molecule has 0 aliphatic carbocycles. The minimum absolute atomic E-state index is 0.0174. The van der Waals surface area contributed by atoms with Crippen molar-refractivity contribution in [2.24, 2.45) is 0 Å². The van der Waals surface area contributed by atoms with Gasteiger partial charge in [-0.2, -0.15) is 0 Å². The Labute approximate surface area is 113 Å². The fourth-order valence-electron chi connectivity index (χ4n) is 1.35. The second-order valence-corrected chi connectivity index (χ2v) is 5.94. The zero-order chi connectivity index (χ0) is 14.0. The van der Waals surface area contributed by atoms with Gasteiger partial charge in [-0.1, -0.05) is 16.8 Å². The molecule has 0 aliphatic heterocycles. The van der Waals surface area contributed by atoms with Crippen molar-refractivity contribution in [3.8, 4) is 0 Å². The maximum atomic E-state index is 11.9. The van der Waals surface area contributed by atoms with Crippen LogP contribution in [0.3, 0.4) is 0 Å². The SMILES string of the molecule is Cc1cc(CNS(=O)(=O)c2c[nH]c(=O)c(Cl)c2)no1. The molecule has 0 atom stereocenters.